The average molecular weight is 250 g/mol. The lowest BCUT2D eigenvalue weighted by Crippen LogP contribution is -2.35. The summed E-state index contributed by atoms with van der Waals surface area (Å²) in [5, 5.41) is 3.45. The van der Waals surface area contributed by atoms with Crippen molar-refractivity contribution in [2.75, 3.05) is 7.05 Å². The third-order valence-electron chi connectivity index (χ3n) is 3.77. The van der Waals surface area contributed by atoms with Crippen molar-refractivity contribution in [3.05, 3.63) is 18.2 Å². The minimum absolute atomic E-state index is 0.514. The summed E-state index contributed by atoms with van der Waals surface area (Å²) in [5.74, 6) is 0. The van der Waals surface area contributed by atoms with Crippen LogP contribution >= 0.6 is 0 Å². The lowest BCUT2D eigenvalue weighted by Gasteiger charge is -2.25. The monoisotopic (exact) mass is 250 g/mol. The third-order valence-corrected chi connectivity index (χ3v) is 3.77. The van der Waals surface area contributed by atoms with Crippen LogP contribution in [0.25, 0.3) is 0 Å². The van der Waals surface area contributed by atoms with Crippen LogP contribution in [0.4, 0.5) is 0 Å². The molecule has 1 fully saturated rings. The van der Waals surface area contributed by atoms with E-state index in [0.29, 0.717) is 12.1 Å². The first-order valence-corrected chi connectivity index (χ1v) is 7.02. The number of nitrogens with one attached hydrogen (secondary N) is 1. The molecule has 1 heterocycles. The minimum Gasteiger partial charge on any atom is -0.332 e. The van der Waals surface area contributed by atoms with Crippen molar-refractivity contribution in [3.8, 4) is 0 Å². The van der Waals surface area contributed by atoms with Crippen molar-refractivity contribution in [1.29, 1.82) is 0 Å². The standard InChI is InChI=1S/C14H26N4/c1-11(2)16-8-14-7-15-10-18(14)9-12(3)17(4)13-5-6-13/h7,10-13,16H,5-6,8-9H2,1-4H3. The van der Waals surface area contributed by atoms with E-state index < -0.39 is 0 Å². The van der Waals surface area contributed by atoms with Gasteiger partial charge in [-0.25, -0.2) is 4.98 Å². The van der Waals surface area contributed by atoms with Gasteiger partial charge in [0.05, 0.1) is 12.0 Å². The molecule has 1 aliphatic rings. The molecule has 4 nitrogen and oxygen atoms in total. The first-order chi connectivity index (χ1) is 8.58. The second-order valence-electron chi connectivity index (χ2n) is 5.82. The van der Waals surface area contributed by atoms with Crippen molar-refractivity contribution in [3.63, 3.8) is 0 Å². The van der Waals surface area contributed by atoms with Crippen LogP contribution in [0.1, 0.15) is 39.3 Å². The van der Waals surface area contributed by atoms with Crippen molar-refractivity contribution in [2.45, 2.75) is 64.8 Å². The molecule has 0 aliphatic heterocycles. The van der Waals surface area contributed by atoms with Gasteiger partial charge in [-0.05, 0) is 26.8 Å². The Morgan fingerprint density at radius 1 is 1.44 bits per heavy atom. The van der Waals surface area contributed by atoms with E-state index in [4.69, 9.17) is 0 Å². The predicted octanol–water partition coefficient (Wildman–Crippen LogP) is 1.86. The summed E-state index contributed by atoms with van der Waals surface area (Å²) in [7, 11) is 2.24. The molecular weight excluding hydrogens is 224 g/mol. The molecule has 4 heteroatoms. The molecular formula is C14H26N4. The molecule has 1 aliphatic carbocycles. The summed E-state index contributed by atoms with van der Waals surface area (Å²) < 4.78 is 2.28. The van der Waals surface area contributed by atoms with Gasteiger partial charge in [-0.2, -0.15) is 0 Å². The highest BCUT2D eigenvalue weighted by Gasteiger charge is 2.29. The van der Waals surface area contributed by atoms with Gasteiger partial charge in [0, 0.05) is 37.4 Å². The Morgan fingerprint density at radius 3 is 2.78 bits per heavy atom. The average Bonchev–Trinajstić information content (AvgIpc) is 3.08. The lowest BCUT2D eigenvalue weighted by atomic mass is 10.2. The second-order valence-corrected chi connectivity index (χ2v) is 5.82. The van der Waals surface area contributed by atoms with E-state index in [9.17, 15) is 0 Å². The fourth-order valence-corrected chi connectivity index (χ4v) is 2.22. The first kappa shape index (κ1) is 13.6. The summed E-state index contributed by atoms with van der Waals surface area (Å²) in [4.78, 5) is 6.78. The van der Waals surface area contributed by atoms with Crippen LogP contribution in [0.5, 0.6) is 0 Å². The Hall–Kier alpha value is -0.870. The van der Waals surface area contributed by atoms with E-state index in [1.807, 2.05) is 12.5 Å². The number of likely N-dealkylation sites (N-methyl/N-ethyl adjacent to an activating group) is 1. The van der Waals surface area contributed by atoms with Crippen LogP contribution in [0.2, 0.25) is 0 Å². The lowest BCUT2D eigenvalue weighted by molar-refractivity contribution is 0.224. The van der Waals surface area contributed by atoms with Gasteiger partial charge in [-0.1, -0.05) is 13.8 Å². The van der Waals surface area contributed by atoms with Crippen LogP contribution in [-0.2, 0) is 13.1 Å². The molecule has 1 atom stereocenters. The Bertz CT molecular complexity index is 368. The maximum absolute atomic E-state index is 4.28. The number of aromatic nitrogens is 2. The predicted molar refractivity (Wildman–Crippen MR) is 74.4 cm³/mol. The zero-order valence-electron chi connectivity index (χ0n) is 12.1. The largest absolute Gasteiger partial charge is 0.332 e. The van der Waals surface area contributed by atoms with Crippen molar-refractivity contribution < 1.29 is 0 Å². The fraction of sp³-hybridized carbons (Fsp3) is 0.786. The molecule has 0 spiro atoms. The van der Waals surface area contributed by atoms with Crippen LogP contribution in [0.15, 0.2) is 12.5 Å². The zero-order valence-corrected chi connectivity index (χ0v) is 12.1. The van der Waals surface area contributed by atoms with E-state index in [1.165, 1.54) is 18.5 Å². The van der Waals surface area contributed by atoms with Gasteiger partial charge in [-0.3, -0.25) is 4.90 Å². The van der Waals surface area contributed by atoms with Crippen molar-refractivity contribution >= 4 is 0 Å². The number of rotatable bonds is 7. The second kappa shape index (κ2) is 5.85. The molecule has 1 aromatic heterocycles. The van der Waals surface area contributed by atoms with Crippen molar-refractivity contribution in [1.82, 2.24) is 19.8 Å². The SMILES string of the molecule is CC(C)NCc1cncn1CC(C)N(C)C1CC1. The van der Waals surface area contributed by atoms with Gasteiger partial charge in [-0.15, -0.1) is 0 Å². The summed E-state index contributed by atoms with van der Waals surface area (Å²) in [6, 6.07) is 1.91. The van der Waals surface area contributed by atoms with Gasteiger partial charge >= 0.3 is 0 Å². The molecule has 1 N–H and O–H groups in total. The minimum atomic E-state index is 0.514. The smallest absolute Gasteiger partial charge is 0.0949 e. The van der Waals surface area contributed by atoms with Crippen LogP contribution in [-0.4, -0.2) is 39.6 Å². The van der Waals surface area contributed by atoms with Crippen molar-refractivity contribution in [2.24, 2.45) is 0 Å². The van der Waals surface area contributed by atoms with Gasteiger partial charge in [0.25, 0.3) is 0 Å². The molecule has 0 saturated heterocycles. The van der Waals surface area contributed by atoms with E-state index in [2.05, 4.69) is 47.6 Å². The summed E-state index contributed by atoms with van der Waals surface area (Å²) in [5.41, 5.74) is 1.28. The topological polar surface area (TPSA) is 33.1 Å². The number of nitrogens with zero attached hydrogens (tertiary/aromatic N) is 3. The van der Waals surface area contributed by atoms with E-state index in [1.54, 1.807) is 0 Å². The third kappa shape index (κ3) is 3.56. The number of hydrogen-bond acceptors (Lipinski definition) is 3. The van der Waals surface area contributed by atoms with Gasteiger partial charge < -0.3 is 9.88 Å². The van der Waals surface area contributed by atoms with Crippen LogP contribution in [0, 0.1) is 0 Å². The molecule has 1 unspecified atom stereocenters. The maximum atomic E-state index is 4.28. The zero-order chi connectivity index (χ0) is 13.1. The highest BCUT2D eigenvalue weighted by Crippen LogP contribution is 2.27. The van der Waals surface area contributed by atoms with E-state index >= 15 is 0 Å². The van der Waals surface area contributed by atoms with Gasteiger partial charge in [0.15, 0.2) is 0 Å². The van der Waals surface area contributed by atoms with Crippen LogP contribution in [0.3, 0.4) is 0 Å². The fourth-order valence-electron chi connectivity index (χ4n) is 2.22. The molecule has 102 valence electrons. The molecule has 0 amide bonds. The Morgan fingerprint density at radius 2 is 2.17 bits per heavy atom. The molecule has 2 rings (SSSR count). The van der Waals surface area contributed by atoms with E-state index in [-0.39, 0.29) is 0 Å². The Balaban J connectivity index is 1.89. The quantitative estimate of drug-likeness (QED) is 0.802. The van der Waals surface area contributed by atoms with Gasteiger partial charge in [0.1, 0.15) is 0 Å². The normalized spacial score (nSPS) is 17.7. The van der Waals surface area contributed by atoms with Gasteiger partial charge in [0.2, 0.25) is 0 Å². The maximum Gasteiger partial charge on any atom is 0.0949 e. The Kier molecular flexibility index (Phi) is 4.40. The summed E-state index contributed by atoms with van der Waals surface area (Å²) >= 11 is 0. The number of hydrogen-bond donors (Lipinski definition) is 1. The highest BCUT2D eigenvalue weighted by molar-refractivity contribution is 4.99. The molecule has 1 saturated carbocycles. The Labute approximate surface area is 110 Å². The molecule has 18 heavy (non-hydrogen) atoms. The molecule has 0 bridgehead atoms. The summed E-state index contributed by atoms with van der Waals surface area (Å²) in [6.07, 6.45) is 6.66. The molecule has 0 radical (unpaired) electrons. The molecule has 0 aromatic carbocycles. The number of imidazole rings is 1. The first-order valence-electron chi connectivity index (χ1n) is 7.02. The van der Waals surface area contributed by atoms with E-state index in [0.717, 1.165) is 19.1 Å². The molecule has 1 aromatic rings. The highest BCUT2D eigenvalue weighted by atomic mass is 15.2. The van der Waals surface area contributed by atoms with Crippen LogP contribution < -0.4 is 5.32 Å². The summed E-state index contributed by atoms with van der Waals surface area (Å²) in [6.45, 7) is 8.58.